The molecule has 0 atom stereocenters. The number of rotatable bonds is 8. The van der Waals surface area contributed by atoms with Gasteiger partial charge in [0.25, 0.3) is 0 Å². The van der Waals surface area contributed by atoms with Crippen LogP contribution >= 0.6 is 0 Å². The molecule has 0 aliphatic carbocycles. The van der Waals surface area contributed by atoms with Crippen LogP contribution in [0, 0.1) is 0 Å². The van der Waals surface area contributed by atoms with Crippen LogP contribution in [0.5, 0.6) is 11.5 Å². The number of methoxy groups -OCH3 is 3. The highest BCUT2D eigenvalue weighted by Gasteiger charge is 2.14. The largest absolute Gasteiger partial charge is 0.493 e. The van der Waals surface area contributed by atoms with Gasteiger partial charge in [-0.3, -0.25) is 0 Å². The number of hydrogen-bond donors (Lipinski definition) is 1. The van der Waals surface area contributed by atoms with Crippen molar-refractivity contribution in [1.82, 2.24) is 0 Å². The molecule has 0 unspecified atom stereocenters. The first-order valence-electron chi connectivity index (χ1n) is 8.07. The molecular formula is C20H21NO6. The molecule has 2 rings (SSSR count). The van der Waals surface area contributed by atoms with E-state index < -0.39 is 11.9 Å². The maximum Gasteiger partial charge on any atom is 0.354 e. The Morgan fingerprint density at radius 3 is 2.33 bits per heavy atom. The Kier molecular flexibility index (Phi) is 7.25. The Balaban J connectivity index is 2.17. The zero-order valence-electron chi connectivity index (χ0n) is 15.4. The SMILES string of the molecule is COC(=O)/C=C(/Nc1ccc(OCc2ccccc2)c(OC)c1)C(=O)OC. The predicted octanol–water partition coefficient (Wildman–Crippen LogP) is 2.92. The van der Waals surface area contributed by atoms with Crippen molar-refractivity contribution in [1.29, 1.82) is 0 Å². The number of esters is 2. The lowest BCUT2D eigenvalue weighted by molar-refractivity contribution is -0.138. The molecule has 0 fully saturated rings. The first-order valence-corrected chi connectivity index (χ1v) is 8.07. The molecule has 0 amide bonds. The summed E-state index contributed by atoms with van der Waals surface area (Å²) in [6, 6.07) is 14.8. The molecule has 7 nitrogen and oxygen atoms in total. The van der Waals surface area contributed by atoms with Gasteiger partial charge in [0, 0.05) is 11.8 Å². The predicted molar refractivity (Wildman–Crippen MR) is 99.5 cm³/mol. The van der Waals surface area contributed by atoms with E-state index >= 15 is 0 Å². The Hall–Kier alpha value is -3.48. The summed E-state index contributed by atoms with van der Waals surface area (Å²) in [7, 11) is 3.95. The lowest BCUT2D eigenvalue weighted by Crippen LogP contribution is -2.15. The molecular weight excluding hydrogens is 350 g/mol. The molecule has 7 heteroatoms. The monoisotopic (exact) mass is 371 g/mol. The highest BCUT2D eigenvalue weighted by atomic mass is 16.5. The number of hydrogen-bond acceptors (Lipinski definition) is 7. The molecule has 0 saturated carbocycles. The van der Waals surface area contributed by atoms with Crippen LogP contribution in [0.2, 0.25) is 0 Å². The number of nitrogens with one attached hydrogen (secondary N) is 1. The summed E-state index contributed by atoms with van der Waals surface area (Å²) in [6.07, 6.45) is 1.01. The van der Waals surface area contributed by atoms with Crippen LogP contribution in [0.3, 0.4) is 0 Å². The van der Waals surface area contributed by atoms with E-state index in [2.05, 4.69) is 14.8 Å². The van der Waals surface area contributed by atoms with Gasteiger partial charge in [-0.1, -0.05) is 30.3 Å². The van der Waals surface area contributed by atoms with Gasteiger partial charge in [-0.05, 0) is 17.7 Å². The fraction of sp³-hybridized carbons (Fsp3) is 0.200. The van der Waals surface area contributed by atoms with E-state index in [9.17, 15) is 9.59 Å². The third-order valence-corrected chi connectivity index (χ3v) is 3.55. The summed E-state index contributed by atoms with van der Waals surface area (Å²) in [5.74, 6) is -0.372. The van der Waals surface area contributed by atoms with Gasteiger partial charge in [-0.2, -0.15) is 0 Å². The minimum Gasteiger partial charge on any atom is -0.493 e. The van der Waals surface area contributed by atoms with Crippen LogP contribution < -0.4 is 14.8 Å². The first-order chi connectivity index (χ1) is 13.1. The quantitative estimate of drug-likeness (QED) is 0.564. The van der Waals surface area contributed by atoms with Crippen LogP contribution in [-0.2, 0) is 25.7 Å². The average molecular weight is 371 g/mol. The van der Waals surface area contributed by atoms with Crippen molar-refractivity contribution >= 4 is 17.6 Å². The molecule has 0 saturated heterocycles. The summed E-state index contributed by atoms with van der Waals surface area (Å²) >= 11 is 0. The number of carbonyl (C=O) groups is 2. The summed E-state index contributed by atoms with van der Waals surface area (Å²) in [5.41, 5.74) is 1.47. The zero-order chi connectivity index (χ0) is 19.6. The van der Waals surface area contributed by atoms with Gasteiger partial charge in [0.15, 0.2) is 11.5 Å². The maximum atomic E-state index is 11.8. The smallest absolute Gasteiger partial charge is 0.354 e. The van der Waals surface area contributed by atoms with Crippen molar-refractivity contribution in [2.24, 2.45) is 0 Å². The van der Waals surface area contributed by atoms with Gasteiger partial charge < -0.3 is 24.3 Å². The van der Waals surface area contributed by atoms with E-state index in [1.54, 1.807) is 18.2 Å². The van der Waals surface area contributed by atoms with E-state index in [0.717, 1.165) is 11.6 Å². The van der Waals surface area contributed by atoms with Gasteiger partial charge in [0.1, 0.15) is 12.3 Å². The minimum absolute atomic E-state index is 0.0654. The second-order valence-electron chi connectivity index (χ2n) is 5.34. The number of carbonyl (C=O) groups excluding carboxylic acids is 2. The minimum atomic E-state index is -0.705. The van der Waals surface area contributed by atoms with E-state index in [1.807, 2.05) is 30.3 Å². The third-order valence-electron chi connectivity index (χ3n) is 3.55. The number of ether oxygens (including phenoxy) is 4. The molecule has 1 N–H and O–H groups in total. The normalized spacial score (nSPS) is 10.7. The molecule has 0 aliphatic rings. The zero-order valence-corrected chi connectivity index (χ0v) is 15.4. The van der Waals surface area contributed by atoms with Gasteiger partial charge >= 0.3 is 11.9 Å². The van der Waals surface area contributed by atoms with Gasteiger partial charge in [-0.25, -0.2) is 9.59 Å². The van der Waals surface area contributed by atoms with Crippen molar-refractivity contribution in [3.8, 4) is 11.5 Å². The van der Waals surface area contributed by atoms with E-state index in [0.29, 0.717) is 23.8 Å². The molecule has 27 heavy (non-hydrogen) atoms. The van der Waals surface area contributed by atoms with Crippen molar-refractivity contribution < 1.29 is 28.5 Å². The van der Waals surface area contributed by atoms with Crippen LogP contribution in [0.4, 0.5) is 5.69 Å². The molecule has 0 aliphatic heterocycles. The van der Waals surface area contributed by atoms with E-state index in [4.69, 9.17) is 9.47 Å². The molecule has 2 aromatic carbocycles. The molecule has 0 spiro atoms. The molecule has 2 aromatic rings. The van der Waals surface area contributed by atoms with Crippen molar-refractivity contribution in [2.45, 2.75) is 6.61 Å². The number of anilines is 1. The molecule has 0 aromatic heterocycles. The Bertz CT molecular complexity index is 816. The van der Waals surface area contributed by atoms with Gasteiger partial charge in [-0.15, -0.1) is 0 Å². The maximum absolute atomic E-state index is 11.8. The van der Waals surface area contributed by atoms with Crippen LogP contribution in [0.25, 0.3) is 0 Å². The van der Waals surface area contributed by atoms with E-state index in [-0.39, 0.29) is 5.70 Å². The van der Waals surface area contributed by atoms with E-state index in [1.165, 1.54) is 21.3 Å². The fourth-order valence-corrected chi connectivity index (χ4v) is 2.19. The standard InChI is InChI=1S/C20H21NO6/c1-24-18-11-15(21-16(20(23)26-3)12-19(22)25-2)9-10-17(18)27-13-14-7-5-4-6-8-14/h4-12,21H,13H2,1-3H3/b16-12+. The van der Waals surface area contributed by atoms with Crippen molar-refractivity contribution in [3.05, 3.63) is 65.9 Å². The molecule has 142 valence electrons. The van der Waals surface area contributed by atoms with Crippen LogP contribution in [-0.4, -0.2) is 33.3 Å². The lowest BCUT2D eigenvalue weighted by atomic mass is 10.2. The highest BCUT2D eigenvalue weighted by molar-refractivity contribution is 5.98. The Labute approximate surface area is 157 Å². The summed E-state index contributed by atoms with van der Waals surface area (Å²) < 4.78 is 20.4. The topological polar surface area (TPSA) is 83.1 Å². The molecule has 0 bridgehead atoms. The van der Waals surface area contributed by atoms with Gasteiger partial charge in [0.05, 0.1) is 27.4 Å². The summed E-state index contributed by atoms with van der Waals surface area (Å²) in [5, 5.41) is 2.82. The third kappa shape index (κ3) is 5.78. The van der Waals surface area contributed by atoms with Crippen molar-refractivity contribution in [2.75, 3.05) is 26.6 Å². The Morgan fingerprint density at radius 2 is 1.70 bits per heavy atom. The lowest BCUT2D eigenvalue weighted by Gasteiger charge is -2.14. The molecule has 0 radical (unpaired) electrons. The fourth-order valence-electron chi connectivity index (χ4n) is 2.19. The van der Waals surface area contributed by atoms with Crippen molar-refractivity contribution in [3.63, 3.8) is 0 Å². The summed E-state index contributed by atoms with van der Waals surface area (Å²) in [6.45, 7) is 0.389. The second-order valence-corrected chi connectivity index (χ2v) is 5.34. The van der Waals surface area contributed by atoms with Crippen LogP contribution in [0.15, 0.2) is 60.3 Å². The van der Waals surface area contributed by atoms with Gasteiger partial charge in [0.2, 0.25) is 0 Å². The molecule has 0 heterocycles. The Morgan fingerprint density at radius 1 is 0.963 bits per heavy atom. The first kappa shape index (κ1) is 19.8. The van der Waals surface area contributed by atoms with Crippen LogP contribution in [0.1, 0.15) is 5.56 Å². The summed E-state index contributed by atoms with van der Waals surface area (Å²) in [4.78, 5) is 23.3. The number of benzene rings is 2. The second kappa shape index (κ2) is 9.86. The average Bonchev–Trinajstić information content (AvgIpc) is 2.72. The highest BCUT2D eigenvalue weighted by Crippen LogP contribution is 2.31.